The lowest BCUT2D eigenvalue weighted by atomic mass is 10.2. The van der Waals surface area contributed by atoms with E-state index < -0.39 is 12.2 Å². The molecule has 1 unspecified atom stereocenters. The van der Waals surface area contributed by atoms with Gasteiger partial charge in [-0.15, -0.1) is 0 Å². The third-order valence-corrected chi connectivity index (χ3v) is 2.39. The summed E-state index contributed by atoms with van der Waals surface area (Å²) in [4.78, 5) is 11.9. The van der Waals surface area contributed by atoms with Crippen molar-refractivity contribution in [2.75, 3.05) is 0 Å². The van der Waals surface area contributed by atoms with Gasteiger partial charge in [-0.2, -0.15) is 15.0 Å². The van der Waals surface area contributed by atoms with Crippen molar-refractivity contribution in [1.29, 1.82) is 0 Å². The normalized spacial score (nSPS) is 12.6. The molecule has 0 fully saturated rings. The lowest BCUT2D eigenvalue weighted by molar-refractivity contribution is 0.162. The Kier molecular flexibility index (Phi) is 3.42. The number of aromatic nitrogens is 3. The molecule has 0 aliphatic heterocycles. The molecule has 1 aromatic heterocycles. The summed E-state index contributed by atoms with van der Waals surface area (Å²) < 4.78 is 0. The summed E-state index contributed by atoms with van der Waals surface area (Å²) in [5.41, 5.74) is 2.08. The van der Waals surface area contributed by atoms with Gasteiger partial charge in [0.1, 0.15) is 11.0 Å². The number of hydrogen-bond acceptors (Lipinski definition) is 4. The molecule has 1 aromatic carbocycles. The van der Waals surface area contributed by atoms with Crippen LogP contribution in [0.3, 0.4) is 0 Å². The summed E-state index contributed by atoms with van der Waals surface area (Å²) in [6.07, 6.45) is -1.62. The number of fused-ring (bicyclic) bond motifs is 1. The number of aliphatic hydroxyl groups excluding tert-OH is 1. The van der Waals surface area contributed by atoms with Gasteiger partial charge in [0, 0.05) is 12.1 Å². The first-order valence-corrected chi connectivity index (χ1v) is 5.54. The first-order chi connectivity index (χ1) is 8.56. The third-order valence-electron chi connectivity index (χ3n) is 2.39. The summed E-state index contributed by atoms with van der Waals surface area (Å²) in [5, 5.41) is 28.6. The Morgan fingerprint density at radius 2 is 2.28 bits per heavy atom. The molecule has 7 heteroatoms. The van der Waals surface area contributed by atoms with Crippen molar-refractivity contribution in [2.45, 2.75) is 26.1 Å². The number of carboxylic acid groups (broad SMARTS) is 1. The Morgan fingerprint density at radius 3 is 2.94 bits per heavy atom. The van der Waals surface area contributed by atoms with Crippen LogP contribution < -0.4 is 5.32 Å². The number of rotatable bonds is 4. The average molecular weight is 250 g/mol. The zero-order chi connectivity index (χ0) is 13.1. The van der Waals surface area contributed by atoms with Gasteiger partial charge in [0.15, 0.2) is 0 Å². The van der Waals surface area contributed by atoms with Crippen molar-refractivity contribution in [1.82, 2.24) is 20.3 Å². The molecule has 3 N–H and O–H groups in total. The topological polar surface area (TPSA) is 100 Å². The van der Waals surface area contributed by atoms with Crippen molar-refractivity contribution in [3.05, 3.63) is 23.8 Å². The number of carbonyl (C=O) groups is 1. The maximum absolute atomic E-state index is 10.5. The maximum atomic E-state index is 10.5. The van der Waals surface area contributed by atoms with E-state index in [2.05, 4.69) is 15.5 Å². The molecular formula is C11H14N4O3. The second-order valence-electron chi connectivity index (χ2n) is 4.05. The molecule has 2 aromatic rings. The van der Waals surface area contributed by atoms with Gasteiger partial charge in [0.2, 0.25) is 0 Å². The van der Waals surface area contributed by atoms with Gasteiger partial charge in [-0.25, -0.2) is 4.79 Å². The van der Waals surface area contributed by atoms with E-state index in [1.54, 1.807) is 25.1 Å². The Morgan fingerprint density at radius 1 is 1.50 bits per heavy atom. The first-order valence-electron chi connectivity index (χ1n) is 5.54. The van der Waals surface area contributed by atoms with Crippen molar-refractivity contribution in [3.8, 4) is 0 Å². The largest absolute Gasteiger partial charge is 0.465 e. The highest BCUT2D eigenvalue weighted by Gasteiger charge is 2.09. The SMILES string of the molecule is CC(O)Cn1nc2cccc(CNC(=O)O)c2n1. The zero-order valence-corrected chi connectivity index (χ0v) is 9.87. The Bertz CT molecular complexity index is 564. The summed E-state index contributed by atoms with van der Waals surface area (Å²) in [6, 6.07) is 5.38. The van der Waals surface area contributed by atoms with Gasteiger partial charge in [-0.1, -0.05) is 12.1 Å². The fourth-order valence-electron chi connectivity index (χ4n) is 1.67. The van der Waals surface area contributed by atoms with Gasteiger partial charge >= 0.3 is 6.09 Å². The number of nitrogens with zero attached hydrogens (tertiary/aromatic N) is 3. The van der Waals surface area contributed by atoms with Crippen LogP contribution in [0.4, 0.5) is 4.79 Å². The van der Waals surface area contributed by atoms with Crippen LogP contribution >= 0.6 is 0 Å². The van der Waals surface area contributed by atoms with Crippen LogP contribution in [0.15, 0.2) is 18.2 Å². The van der Waals surface area contributed by atoms with E-state index in [-0.39, 0.29) is 6.54 Å². The number of amides is 1. The van der Waals surface area contributed by atoms with Gasteiger partial charge in [-0.05, 0) is 13.0 Å². The Labute approximate surface area is 103 Å². The molecule has 0 aliphatic carbocycles. The van der Waals surface area contributed by atoms with Gasteiger partial charge in [-0.3, -0.25) is 0 Å². The molecule has 7 nitrogen and oxygen atoms in total. The van der Waals surface area contributed by atoms with Crippen LogP contribution in [-0.2, 0) is 13.1 Å². The van der Waals surface area contributed by atoms with Crippen LogP contribution in [0.1, 0.15) is 12.5 Å². The predicted molar refractivity (Wildman–Crippen MR) is 64.1 cm³/mol. The summed E-state index contributed by atoms with van der Waals surface area (Å²) in [5.74, 6) is 0. The van der Waals surface area contributed by atoms with Crippen LogP contribution in [0.2, 0.25) is 0 Å². The van der Waals surface area contributed by atoms with Crippen LogP contribution in [0.5, 0.6) is 0 Å². The highest BCUT2D eigenvalue weighted by Crippen LogP contribution is 2.14. The second-order valence-corrected chi connectivity index (χ2v) is 4.05. The predicted octanol–water partition coefficient (Wildman–Crippen LogP) is 0.580. The lowest BCUT2D eigenvalue weighted by Crippen LogP contribution is -2.20. The standard InChI is InChI=1S/C11H14N4O3/c1-7(16)6-15-13-9-4-2-3-8(10(9)14-15)5-12-11(17)18/h2-4,7,12,16H,5-6H2,1H3,(H,17,18). The van der Waals surface area contributed by atoms with E-state index in [1.165, 1.54) is 4.80 Å². The van der Waals surface area contributed by atoms with Crippen LogP contribution in [0.25, 0.3) is 11.0 Å². The number of benzene rings is 1. The molecule has 0 bridgehead atoms. The average Bonchev–Trinajstić information content (AvgIpc) is 2.67. The molecule has 2 rings (SSSR count). The minimum atomic E-state index is -1.08. The zero-order valence-electron chi connectivity index (χ0n) is 9.87. The molecule has 0 saturated heterocycles. The molecule has 96 valence electrons. The maximum Gasteiger partial charge on any atom is 0.404 e. The first kappa shape index (κ1) is 12.3. The minimum Gasteiger partial charge on any atom is -0.465 e. The van der Waals surface area contributed by atoms with Gasteiger partial charge < -0.3 is 15.5 Å². The second kappa shape index (κ2) is 5.01. The van der Waals surface area contributed by atoms with Crippen molar-refractivity contribution >= 4 is 17.1 Å². The van der Waals surface area contributed by atoms with E-state index in [4.69, 9.17) is 5.11 Å². The van der Waals surface area contributed by atoms with Crippen molar-refractivity contribution < 1.29 is 15.0 Å². The molecule has 0 saturated carbocycles. The Hall–Kier alpha value is -2.15. The van der Waals surface area contributed by atoms with Gasteiger partial charge in [0.05, 0.1) is 12.6 Å². The van der Waals surface area contributed by atoms with Crippen LogP contribution in [0, 0.1) is 0 Å². The third kappa shape index (κ3) is 2.75. The summed E-state index contributed by atoms with van der Waals surface area (Å²) in [7, 11) is 0. The molecule has 1 atom stereocenters. The van der Waals surface area contributed by atoms with E-state index >= 15 is 0 Å². The fraction of sp³-hybridized carbons (Fsp3) is 0.364. The molecule has 1 heterocycles. The lowest BCUT2D eigenvalue weighted by Gasteiger charge is -2.01. The molecule has 0 aliphatic rings. The summed E-state index contributed by atoms with van der Waals surface area (Å²) in [6.45, 7) is 2.14. The minimum absolute atomic E-state index is 0.181. The molecule has 0 radical (unpaired) electrons. The van der Waals surface area contributed by atoms with Crippen LogP contribution in [-0.4, -0.2) is 37.4 Å². The highest BCUT2D eigenvalue weighted by molar-refractivity contribution is 5.77. The molecule has 18 heavy (non-hydrogen) atoms. The molecular weight excluding hydrogens is 236 g/mol. The van der Waals surface area contributed by atoms with Crippen molar-refractivity contribution in [2.24, 2.45) is 0 Å². The number of nitrogens with one attached hydrogen (secondary N) is 1. The monoisotopic (exact) mass is 250 g/mol. The number of aliphatic hydroxyl groups is 1. The Balaban J connectivity index is 2.30. The van der Waals surface area contributed by atoms with E-state index in [0.29, 0.717) is 17.6 Å². The molecule has 0 spiro atoms. The quantitative estimate of drug-likeness (QED) is 0.737. The fourth-order valence-corrected chi connectivity index (χ4v) is 1.67. The highest BCUT2D eigenvalue weighted by atomic mass is 16.4. The number of hydrogen-bond donors (Lipinski definition) is 3. The van der Waals surface area contributed by atoms with E-state index in [0.717, 1.165) is 5.56 Å². The van der Waals surface area contributed by atoms with Crippen molar-refractivity contribution in [3.63, 3.8) is 0 Å². The van der Waals surface area contributed by atoms with E-state index in [9.17, 15) is 9.90 Å². The van der Waals surface area contributed by atoms with Gasteiger partial charge in [0.25, 0.3) is 0 Å². The summed E-state index contributed by atoms with van der Waals surface area (Å²) >= 11 is 0. The molecule has 1 amide bonds. The van der Waals surface area contributed by atoms with E-state index in [1.807, 2.05) is 0 Å². The smallest absolute Gasteiger partial charge is 0.404 e.